The summed E-state index contributed by atoms with van der Waals surface area (Å²) in [6, 6.07) is 4.69. The second kappa shape index (κ2) is 5.18. The Kier molecular flexibility index (Phi) is 4.11. The first-order valence-electron chi connectivity index (χ1n) is 4.71. The van der Waals surface area contributed by atoms with Crippen LogP contribution in [-0.4, -0.2) is 31.3 Å². The van der Waals surface area contributed by atoms with Crippen LogP contribution in [0, 0.1) is 0 Å². The van der Waals surface area contributed by atoms with E-state index in [1.807, 2.05) is 0 Å². The lowest BCUT2D eigenvalue weighted by Gasteiger charge is -2.24. The minimum atomic E-state index is -3.29. The maximum absolute atomic E-state index is 12.6. The lowest BCUT2D eigenvalue weighted by Crippen LogP contribution is -2.36. The highest BCUT2D eigenvalue weighted by atomic mass is 19.3. The van der Waals surface area contributed by atoms with E-state index >= 15 is 0 Å². The number of esters is 1. The molecule has 0 radical (unpaired) electrons. The van der Waals surface area contributed by atoms with E-state index in [9.17, 15) is 23.1 Å². The largest absolute Gasteiger partial charge is 0.465 e. The molecule has 3 nitrogen and oxygen atoms in total. The van der Waals surface area contributed by atoms with Crippen molar-refractivity contribution < 1.29 is 27.8 Å². The van der Waals surface area contributed by atoms with Crippen LogP contribution in [0.4, 0.5) is 13.2 Å². The van der Waals surface area contributed by atoms with E-state index in [0.29, 0.717) is 0 Å². The Morgan fingerprint density at radius 2 is 2.18 bits per heavy atom. The average molecular weight is 248 g/mol. The highest BCUT2D eigenvalue weighted by molar-refractivity contribution is 5.89. The van der Waals surface area contributed by atoms with Gasteiger partial charge in [0.2, 0.25) is 0 Å². The van der Waals surface area contributed by atoms with Crippen molar-refractivity contribution in [1.82, 2.24) is 0 Å². The lowest BCUT2D eigenvalue weighted by molar-refractivity contribution is -0.114. The van der Waals surface area contributed by atoms with Gasteiger partial charge in [-0.25, -0.2) is 18.0 Å². The van der Waals surface area contributed by atoms with E-state index in [0.717, 1.165) is 19.2 Å². The maximum atomic E-state index is 12.6. The summed E-state index contributed by atoms with van der Waals surface area (Å²) in [7, 11) is 1.13. The molecular formula is C11H11F3O3. The summed E-state index contributed by atoms with van der Waals surface area (Å²) in [5.41, 5.74) is -3.29. The van der Waals surface area contributed by atoms with E-state index in [4.69, 9.17) is 0 Å². The second-order valence-corrected chi connectivity index (χ2v) is 3.43. The van der Waals surface area contributed by atoms with E-state index in [1.165, 1.54) is 12.1 Å². The van der Waals surface area contributed by atoms with Crippen LogP contribution in [0.15, 0.2) is 24.3 Å². The van der Waals surface area contributed by atoms with Gasteiger partial charge >= 0.3 is 5.97 Å². The first-order valence-corrected chi connectivity index (χ1v) is 4.71. The zero-order valence-corrected chi connectivity index (χ0v) is 8.99. The van der Waals surface area contributed by atoms with Gasteiger partial charge in [0.25, 0.3) is 6.43 Å². The van der Waals surface area contributed by atoms with Crippen molar-refractivity contribution in [2.45, 2.75) is 12.0 Å². The molecule has 0 aromatic heterocycles. The van der Waals surface area contributed by atoms with E-state index < -0.39 is 24.7 Å². The Bertz CT molecular complexity index is 409. The number of halogens is 3. The number of methoxy groups -OCH3 is 1. The number of benzene rings is 1. The van der Waals surface area contributed by atoms with Gasteiger partial charge in [-0.2, -0.15) is 0 Å². The van der Waals surface area contributed by atoms with Gasteiger partial charge in [0.1, 0.15) is 6.67 Å². The summed E-state index contributed by atoms with van der Waals surface area (Å²) < 4.78 is 42.1. The molecule has 17 heavy (non-hydrogen) atoms. The van der Waals surface area contributed by atoms with Crippen LogP contribution in [0.5, 0.6) is 0 Å². The summed E-state index contributed by atoms with van der Waals surface area (Å²) in [5, 5.41) is 9.47. The van der Waals surface area contributed by atoms with Gasteiger partial charge in [-0.3, -0.25) is 0 Å². The molecule has 0 heterocycles. The molecule has 0 spiro atoms. The minimum absolute atomic E-state index is 0.0301. The Balaban J connectivity index is 3.18. The topological polar surface area (TPSA) is 46.5 Å². The number of ether oxygens (including phenoxy) is 1. The van der Waals surface area contributed by atoms with Gasteiger partial charge in [-0.15, -0.1) is 0 Å². The molecule has 1 aromatic carbocycles. The number of carbonyl (C=O) groups is 1. The second-order valence-electron chi connectivity index (χ2n) is 3.43. The molecule has 1 atom stereocenters. The summed E-state index contributed by atoms with van der Waals surface area (Å²) in [6.07, 6.45) is -3.29. The van der Waals surface area contributed by atoms with Gasteiger partial charge in [0.05, 0.1) is 12.7 Å². The maximum Gasteiger partial charge on any atom is 0.337 e. The molecule has 1 rings (SSSR count). The first kappa shape index (κ1) is 13.5. The fraction of sp³-hybridized carbons (Fsp3) is 0.364. The van der Waals surface area contributed by atoms with Crippen LogP contribution in [0.2, 0.25) is 0 Å². The van der Waals surface area contributed by atoms with Gasteiger partial charge in [-0.05, 0) is 17.7 Å². The minimum Gasteiger partial charge on any atom is -0.465 e. The Morgan fingerprint density at radius 3 is 2.65 bits per heavy atom. The van der Waals surface area contributed by atoms with E-state index in [2.05, 4.69) is 4.74 Å². The molecule has 6 heteroatoms. The summed E-state index contributed by atoms with van der Waals surface area (Å²) in [4.78, 5) is 11.2. The fourth-order valence-corrected chi connectivity index (χ4v) is 1.29. The molecule has 0 saturated heterocycles. The van der Waals surface area contributed by atoms with Crippen molar-refractivity contribution in [3.63, 3.8) is 0 Å². The van der Waals surface area contributed by atoms with Crippen molar-refractivity contribution in [2.24, 2.45) is 0 Å². The van der Waals surface area contributed by atoms with Crippen molar-refractivity contribution in [2.75, 3.05) is 13.8 Å². The van der Waals surface area contributed by atoms with Crippen LogP contribution < -0.4 is 0 Å². The van der Waals surface area contributed by atoms with Crippen LogP contribution in [0.25, 0.3) is 0 Å². The predicted octanol–water partition coefficient (Wildman–Crippen LogP) is 1.90. The molecule has 0 fully saturated rings. The molecule has 1 N–H and O–H groups in total. The molecule has 94 valence electrons. The van der Waals surface area contributed by atoms with Crippen molar-refractivity contribution in [1.29, 1.82) is 0 Å². The van der Waals surface area contributed by atoms with Crippen molar-refractivity contribution in [3.8, 4) is 0 Å². The summed E-state index contributed by atoms with van der Waals surface area (Å²) >= 11 is 0. The normalized spacial score (nSPS) is 14.5. The van der Waals surface area contributed by atoms with Gasteiger partial charge in [0.15, 0.2) is 5.60 Å². The number of hydrogen-bond donors (Lipinski definition) is 1. The smallest absolute Gasteiger partial charge is 0.337 e. The number of alkyl halides is 3. The lowest BCUT2D eigenvalue weighted by atomic mass is 9.94. The first-order chi connectivity index (χ1) is 7.95. The third kappa shape index (κ3) is 2.58. The van der Waals surface area contributed by atoms with Gasteiger partial charge in [-0.1, -0.05) is 12.1 Å². The Hall–Kier alpha value is -1.56. The fourth-order valence-electron chi connectivity index (χ4n) is 1.29. The van der Waals surface area contributed by atoms with Crippen LogP contribution in [-0.2, 0) is 10.3 Å². The predicted molar refractivity (Wildman–Crippen MR) is 53.7 cm³/mol. The standard InChI is InChI=1S/C11H11F3O3/c1-17-9(15)7-3-2-4-8(5-7)11(16,6-12)10(13)14/h2-5,10,16H,6H2,1H3. The van der Waals surface area contributed by atoms with Crippen LogP contribution in [0.3, 0.4) is 0 Å². The molecule has 0 amide bonds. The van der Waals surface area contributed by atoms with Gasteiger partial charge in [0, 0.05) is 0 Å². The highest BCUT2D eigenvalue weighted by Crippen LogP contribution is 2.29. The molecule has 0 bridgehead atoms. The highest BCUT2D eigenvalue weighted by Gasteiger charge is 2.40. The molecule has 0 aliphatic carbocycles. The molecular weight excluding hydrogens is 237 g/mol. The van der Waals surface area contributed by atoms with Crippen LogP contribution >= 0.6 is 0 Å². The number of carbonyl (C=O) groups excluding carboxylic acids is 1. The monoisotopic (exact) mass is 248 g/mol. The average Bonchev–Trinajstić information content (AvgIpc) is 2.36. The zero-order valence-electron chi connectivity index (χ0n) is 8.99. The number of rotatable bonds is 4. The third-order valence-corrected chi connectivity index (χ3v) is 2.35. The number of hydrogen-bond acceptors (Lipinski definition) is 3. The molecule has 0 saturated carbocycles. The molecule has 0 aliphatic heterocycles. The molecule has 1 aromatic rings. The number of aliphatic hydroxyl groups is 1. The van der Waals surface area contributed by atoms with Crippen molar-refractivity contribution in [3.05, 3.63) is 35.4 Å². The molecule has 0 aliphatic rings. The van der Waals surface area contributed by atoms with Gasteiger partial charge < -0.3 is 9.84 Å². The Labute approximate surface area is 95.8 Å². The molecule has 1 unspecified atom stereocenters. The zero-order chi connectivity index (χ0) is 13.1. The van der Waals surface area contributed by atoms with E-state index in [1.54, 1.807) is 0 Å². The Morgan fingerprint density at radius 1 is 1.53 bits per heavy atom. The van der Waals surface area contributed by atoms with Crippen molar-refractivity contribution >= 4 is 5.97 Å². The van der Waals surface area contributed by atoms with Crippen LogP contribution in [0.1, 0.15) is 15.9 Å². The van der Waals surface area contributed by atoms with E-state index in [-0.39, 0.29) is 11.1 Å². The third-order valence-electron chi connectivity index (χ3n) is 2.35. The quantitative estimate of drug-likeness (QED) is 0.828. The SMILES string of the molecule is COC(=O)c1cccc(C(O)(CF)C(F)F)c1. The summed E-state index contributed by atoms with van der Waals surface area (Å²) in [5.74, 6) is -0.748. The summed E-state index contributed by atoms with van der Waals surface area (Å²) in [6.45, 7) is -1.64.